The smallest absolute Gasteiger partial charge is 0.338 e. The third kappa shape index (κ3) is 5.02. The van der Waals surface area contributed by atoms with E-state index < -0.39 is 24.3 Å². The number of ether oxygens (including phenoxy) is 1. The van der Waals surface area contributed by atoms with Crippen LogP contribution in [0, 0.1) is 5.82 Å². The van der Waals surface area contributed by atoms with Gasteiger partial charge in [0.15, 0.2) is 6.61 Å². The molecule has 1 saturated heterocycles. The van der Waals surface area contributed by atoms with E-state index in [2.05, 4.69) is 21.2 Å². The Bertz CT molecular complexity index is 811. The van der Waals surface area contributed by atoms with Crippen LogP contribution >= 0.6 is 39.5 Å². The summed E-state index contributed by atoms with van der Waals surface area (Å²) in [4.78, 5) is 23.9. The van der Waals surface area contributed by atoms with Crippen LogP contribution in [0.3, 0.4) is 0 Å². The van der Waals surface area contributed by atoms with Gasteiger partial charge in [-0.2, -0.15) is 0 Å². The number of anilines is 1. The topological polar surface area (TPSA) is 55.4 Å². The van der Waals surface area contributed by atoms with Crippen LogP contribution in [0.15, 0.2) is 46.9 Å². The summed E-state index contributed by atoms with van der Waals surface area (Å²) in [6, 6.07) is 11.5. The van der Waals surface area contributed by atoms with Crippen LogP contribution in [0.4, 0.5) is 10.1 Å². The fourth-order valence-electron chi connectivity index (χ4n) is 2.32. The first-order chi connectivity index (χ1) is 12.5. The summed E-state index contributed by atoms with van der Waals surface area (Å²) >= 11 is 6.91. The lowest BCUT2D eigenvalue weighted by Crippen LogP contribution is -2.21. The summed E-state index contributed by atoms with van der Waals surface area (Å²) in [5.74, 6) is 0.502. The van der Waals surface area contributed by atoms with Crippen LogP contribution in [-0.4, -0.2) is 30.0 Å². The SMILES string of the molecule is O=C(COC(=O)c1ccc(C2SCCS2)cc1)Nc1ccc(Br)cc1F. The molecule has 3 rings (SSSR count). The van der Waals surface area contributed by atoms with E-state index in [9.17, 15) is 14.0 Å². The summed E-state index contributed by atoms with van der Waals surface area (Å²) in [6.45, 7) is -0.482. The van der Waals surface area contributed by atoms with Gasteiger partial charge in [0, 0.05) is 16.0 Å². The molecule has 26 heavy (non-hydrogen) atoms. The van der Waals surface area contributed by atoms with Crippen LogP contribution < -0.4 is 5.32 Å². The van der Waals surface area contributed by atoms with E-state index in [1.54, 1.807) is 18.2 Å². The zero-order chi connectivity index (χ0) is 18.5. The molecule has 0 saturated carbocycles. The number of amides is 1. The molecule has 1 aliphatic heterocycles. The Labute approximate surface area is 167 Å². The molecule has 1 aliphatic rings. The van der Waals surface area contributed by atoms with Gasteiger partial charge in [-0.3, -0.25) is 4.79 Å². The highest BCUT2D eigenvalue weighted by molar-refractivity contribution is 9.10. The van der Waals surface area contributed by atoms with Crippen molar-refractivity contribution in [1.29, 1.82) is 0 Å². The van der Waals surface area contributed by atoms with Crippen molar-refractivity contribution in [2.75, 3.05) is 23.4 Å². The molecule has 1 fully saturated rings. The first-order valence-electron chi connectivity index (χ1n) is 7.78. The van der Waals surface area contributed by atoms with Crippen molar-refractivity contribution >= 4 is 57.0 Å². The van der Waals surface area contributed by atoms with Crippen molar-refractivity contribution in [3.8, 4) is 0 Å². The van der Waals surface area contributed by atoms with E-state index in [1.165, 1.54) is 12.1 Å². The van der Waals surface area contributed by atoms with E-state index in [0.717, 1.165) is 17.1 Å². The number of hydrogen-bond acceptors (Lipinski definition) is 5. The fraction of sp³-hybridized carbons (Fsp3) is 0.222. The lowest BCUT2D eigenvalue weighted by Gasteiger charge is -2.10. The first kappa shape index (κ1) is 19.3. The third-order valence-corrected chi connectivity index (χ3v) is 7.18. The number of halogens is 2. The largest absolute Gasteiger partial charge is 0.452 e. The lowest BCUT2D eigenvalue weighted by atomic mass is 10.1. The highest BCUT2D eigenvalue weighted by atomic mass is 79.9. The minimum Gasteiger partial charge on any atom is -0.452 e. The average molecular weight is 456 g/mol. The van der Waals surface area contributed by atoms with Crippen molar-refractivity contribution in [3.05, 3.63) is 63.9 Å². The maximum Gasteiger partial charge on any atom is 0.338 e. The average Bonchev–Trinajstić information content (AvgIpc) is 3.17. The van der Waals surface area contributed by atoms with Crippen LogP contribution in [0.1, 0.15) is 20.5 Å². The summed E-state index contributed by atoms with van der Waals surface area (Å²) < 4.78 is 19.7. The molecule has 1 heterocycles. The molecule has 0 radical (unpaired) electrons. The second-order valence-electron chi connectivity index (χ2n) is 5.44. The number of benzene rings is 2. The highest BCUT2D eigenvalue weighted by Gasteiger charge is 2.19. The Hall–Kier alpha value is -1.51. The van der Waals surface area contributed by atoms with E-state index in [1.807, 2.05) is 35.7 Å². The van der Waals surface area contributed by atoms with Gasteiger partial charge in [0.1, 0.15) is 5.82 Å². The Kier molecular flexibility index (Phi) is 6.61. The number of thioether (sulfide) groups is 2. The molecule has 0 unspecified atom stereocenters. The highest BCUT2D eigenvalue weighted by Crippen LogP contribution is 2.45. The fourth-order valence-corrected chi connectivity index (χ4v) is 5.51. The molecular weight excluding hydrogens is 441 g/mol. The van der Waals surface area contributed by atoms with Crippen LogP contribution in [0.2, 0.25) is 0 Å². The number of carbonyl (C=O) groups excluding carboxylic acids is 2. The van der Waals surface area contributed by atoms with Gasteiger partial charge in [-0.15, -0.1) is 23.5 Å². The zero-order valence-electron chi connectivity index (χ0n) is 13.5. The van der Waals surface area contributed by atoms with Gasteiger partial charge in [-0.25, -0.2) is 9.18 Å². The molecule has 1 amide bonds. The van der Waals surface area contributed by atoms with Gasteiger partial charge >= 0.3 is 5.97 Å². The maximum atomic E-state index is 13.7. The third-order valence-electron chi connectivity index (χ3n) is 3.58. The number of carbonyl (C=O) groups is 2. The Morgan fingerprint density at radius 3 is 2.50 bits per heavy atom. The Balaban J connectivity index is 1.52. The maximum absolute atomic E-state index is 13.7. The molecule has 0 aromatic heterocycles. The van der Waals surface area contributed by atoms with Gasteiger partial charge in [0.2, 0.25) is 0 Å². The summed E-state index contributed by atoms with van der Waals surface area (Å²) in [5.41, 5.74) is 1.58. The van der Waals surface area contributed by atoms with Crippen LogP contribution in [0.25, 0.3) is 0 Å². The normalized spacial score (nSPS) is 14.2. The molecule has 8 heteroatoms. The molecule has 4 nitrogen and oxygen atoms in total. The van der Waals surface area contributed by atoms with Crippen molar-refractivity contribution in [1.82, 2.24) is 0 Å². The standard InChI is InChI=1S/C18H15BrFNO3S2/c19-13-5-6-15(14(20)9-13)21-16(22)10-24-17(23)11-1-3-12(4-2-11)18-25-7-8-26-18/h1-6,9,18H,7-8,10H2,(H,21,22). The molecule has 0 bridgehead atoms. The van der Waals surface area contributed by atoms with E-state index in [4.69, 9.17) is 4.74 Å². The quantitative estimate of drug-likeness (QED) is 0.652. The number of hydrogen-bond donors (Lipinski definition) is 1. The van der Waals surface area contributed by atoms with Crippen LogP contribution in [-0.2, 0) is 9.53 Å². The summed E-state index contributed by atoms with van der Waals surface area (Å²) in [7, 11) is 0. The number of esters is 1. The predicted molar refractivity (Wildman–Crippen MR) is 107 cm³/mol. The summed E-state index contributed by atoms with van der Waals surface area (Å²) in [5, 5.41) is 2.37. The molecule has 0 aliphatic carbocycles. The van der Waals surface area contributed by atoms with Crippen molar-refractivity contribution in [2.24, 2.45) is 0 Å². The lowest BCUT2D eigenvalue weighted by molar-refractivity contribution is -0.119. The summed E-state index contributed by atoms with van der Waals surface area (Å²) in [6.07, 6.45) is 0. The van der Waals surface area contributed by atoms with Crippen molar-refractivity contribution in [2.45, 2.75) is 4.58 Å². The second kappa shape index (κ2) is 8.92. The van der Waals surface area contributed by atoms with Crippen molar-refractivity contribution in [3.63, 3.8) is 0 Å². The van der Waals surface area contributed by atoms with E-state index in [-0.39, 0.29) is 5.69 Å². The first-order valence-corrected chi connectivity index (χ1v) is 10.7. The molecule has 136 valence electrons. The van der Waals surface area contributed by atoms with E-state index in [0.29, 0.717) is 14.6 Å². The molecular formula is C18H15BrFNO3S2. The van der Waals surface area contributed by atoms with Gasteiger partial charge in [-0.05, 0) is 35.9 Å². The molecule has 0 atom stereocenters. The Morgan fingerprint density at radius 1 is 1.15 bits per heavy atom. The predicted octanol–water partition coefficient (Wildman–Crippen LogP) is 4.86. The van der Waals surface area contributed by atoms with Crippen molar-refractivity contribution < 1.29 is 18.7 Å². The van der Waals surface area contributed by atoms with Gasteiger partial charge in [-0.1, -0.05) is 28.1 Å². The van der Waals surface area contributed by atoms with Crippen LogP contribution in [0.5, 0.6) is 0 Å². The number of rotatable bonds is 5. The minimum atomic E-state index is -0.602. The molecule has 2 aromatic rings. The second-order valence-corrected chi connectivity index (χ2v) is 9.08. The molecule has 1 N–H and O–H groups in total. The zero-order valence-corrected chi connectivity index (χ0v) is 16.8. The van der Waals surface area contributed by atoms with Gasteiger partial charge < -0.3 is 10.1 Å². The number of nitrogens with one attached hydrogen (secondary N) is 1. The monoisotopic (exact) mass is 455 g/mol. The van der Waals surface area contributed by atoms with E-state index >= 15 is 0 Å². The van der Waals surface area contributed by atoms with Gasteiger partial charge in [0.25, 0.3) is 5.91 Å². The molecule has 0 spiro atoms. The molecule has 2 aromatic carbocycles. The minimum absolute atomic E-state index is 0.0326. The van der Waals surface area contributed by atoms with Gasteiger partial charge in [0.05, 0.1) is 15.8 Å². The Morgan fingerprint density at radius 2 is 1.85 bits per heavy atom.